The largest absolute Gasteiger partial charge is 0.492 e. The van der Waals surface area contributed by atoms with Gasteiger partial charge in [-0.25, -0.2) is 0 Å². The number of pyridine rings is 1. The zero-order valence-electron chi connectivity index (χ0n) is 10.8. The van der Waals surface area contributed by atoms with Crippen molar-refractivity contribution in [3.8, 4) is 0 Å². The molecule has 1 saturated carbocycles. The Labute approximate surface area is 104 Å². The van der Waals surface area contributed by atoms with Crippen LogP contribution in [-0.4, -0.2) is 11.6 Å². The highest BCUT2D eigenvalue weighted by molar-refractivity contribution is 5.53. The van der Waals surface area contributed by atoms with Gasteiger partial charge in [0.05, 0.1) is 6.61 Å². The van der Waals surface area contributed by atoms with E-state index in [0.29, 0.717) is 18.3 Å². The van der Waals surface area contributed by atoms with Crippen LogP contribution in [0.2, 0.25) is 0 Å². The van der Waals surface area contributed by atoms with Crippen molar-refractivity contribution < 1.29 is 4.74 Å². The molecule has 92 valence electrons. The summed E-state index contributed by atoms with van der Waals surface area (Å²) in [6, 6.07) is 4.16. The number of hydrogen-bond donors (Lipinski definition) is 0. The van der Waals surface area contributed by atoms with Crippen molar-refractivity contribution >= 4 is 5.76 Å². The highest BCUT2D eigenvalue weighted by Gasteiger charge is 2.24. The van der Waals surface area contributed by atoms with E-state index in [-0.39, 0.29) is 0 Å². The third-order valence-electron chi connectivity index (χ3n) is 3.34. The third-order valence-corrected chi connectivity index (χ3v) is 3.34. The summed E-state index contributed by atoms with van der Waals surface area (Å²) in [7, 11) is 0. The minimum Gasteiger partial charge on any atom is -0.492 e. The van der Waals surface area contributed by atoms with E-state index in [9.17, 15) is 0 Å². The molecule has 2 rings (SSSR count). The lowest BCUT2D eigenvalue weighted by atomic mass is 9.97. The van der Waals surface area contributed by atoms with Gasteiger partial charge < -0.3 is 4.74 Å². The Balaban J connectivity index is 1.98. The molecule has 1 unspecified atom stereocenters. The van der Waals surface area contributed by atoms with E-state index in [0.717, 1.165) is 11.6 Å². The number of aromatic nitrogens is 1. The molecule has 0 saturated heterocycles. The standard InChI is InChI=1S/C15H21NO/c1-4-17-12(3)15-8-7-14(10-16-15)11(2)9-13-5-6-13/h7-8,10-11,13H,3-6,9H2,1-2H3. The average molecular weight is 231 g/mol. The molecule has 17 heavy (non-hydrogen) atoms. The van der Waals surface area contributed by atoms with Crippen molar-refractivity contribution in [2.45, 2.75) is 39.0 Å². The number of nitrogens with zero attached hydrogens (tertiary/aromatic N) is 1. The molecule has 1 aliphatic carbocycles. The first kappa shape index (κ1) is 12.2. The van der Waals surface area contributed by atoms with Gasteiger partial charge in [0, 0.05) is 6.20 Å². The van der Waals surface area contributed by atoms with Gasteiger partial charge in [0.1, 0.15) is 11.5 Å². The van der Waals surface area contributed by atoms with Gasteiger partial charge in [-0.2, -0.15) is 0 Å². The topological polar surface area (TPSA) is 22.1 Å². The molecular formula is C15H21NO. The quantitative estimate of drug-likeness (QED) is 0.690. The maximum Gasteiger partial charge on any atom is 0.137 e. The summed E-state index contributed by atoms with van der Waals surface area (Å²) in [4.78, 5) is 4.42. The predicted molar refractivity (Wildman–Crippen MR) is 70.7 cm³/mol. The van der Waals surface area contributed by atoms with Crippen molar-refractivity contribution in [1.29, 1.82) is 0 Å². The van der Waals surface area contributed by atoms with Crippen LogP contribution in [0.15, 0.2) is 24.9 Å². The fraction of sp³-hybridized carbons (Fsp3) is 0.533. The maximum atomic E-state index is 5.35. The molecule has 2 heteroatoms. The first-order chi connectivity index (χ1) is 8.20. The van der Waals surface area contributed by atoms with E-state index in [4.69, 9.17) is 4.74 Å². The first-order valence-electron chi connectivity index (χ1n) is 6.48. The van der Waals surface area contributed by atoms with Crippen molar-refractivity contribution in [3.63, 3.8) is 0 Å². The fourth-order valence-corrected chi connectivity index (χ4v) is 2.10. The summed E-state index contributed by atoms with van der Waals surface area (Å²) < 4.78 is 5.35. The Morgan fingerprint density at radius 2 is 2.29 bits per heavy atom. The van der Waals surface area contributed by atoms with Crippen molar-refractivity contribution in [1.82, 2.24) is 4.98 Å². The maximum absolute atomic E-state index is 5.35. The highest BCUT2D eigenvalue weighted by atomic mass is 16.5. The minimum absolute atomic E-state index is 0.615. The summed E-state index contributed by atoms with van der Waals surface area (Å²) in [6.07, 6.45) is 6.09. The number of ether oxygens (including phenoxy) is 1. The predicted octanol–water partition coefficient (Wildman–Crippen LogP) is 3.99. The molecule has 0 amide bonds. The summed E-state index contributed by atoms with van der Waals surface area (Å²) in [5.41, 5.74) is 2.17. The van der Waals surface area contributed by atoms with Crippen LogP contribution < -0.4 is 0 Å². The Morgan fingerprint density at radius 3 is 2.82 bits per heavy atom. The van der Waals surface area contributed by atoms with Gasteiger partial charge in [0.2, 0.25) is 0 Å². The van der Waals surface area contributed by atoms with Crippen molar-refractivity contribution in [2.75, 3.05) is 6.61 Å². The van der Waals surface area contributed by atoms with Crippen LogP contribution in [0.25, 0.3) is 5.76 Å². The van der Waals surface area contributed by atoms with Crippen molar-refractivity contribution in [3.05, 3.63) is 36.2 Å². The molecule has 0 spiro atoms. The van der Waals surface area contributed by atoms with Crippen molar-refractivity contribution in [2.24, 2.45) is 5.92 Å². The van der Waals surface area contributed by atoms with Gasteiger partial charge in [0.15, 0.2) is 0 Å². The molecule has 1 heterocycles. The summed E-state index contributed by atoms with van der Waals surface area (Å²) in [5, 5.41) is 0. The van der Waals surface area contributed by atoms with E-state index in [2.05, 4.69) is 24.6 Å². The van der Waals surface area contributed by atoms with Gasteiger partial charge in [-0.15, -0.1) is 0 Å². The van der Waals surface area contributed by atoms with Crippen LogP contribution in [0.5, 0.6) is 0 Å². The molecule has 0 bridgehead atoms. The van der Waals surface area contributed by atoms with Gasteiger partial charge in [-0.05, 0) is 36.8 Å². The van der Waals surface area contributed by atoms with E-state index >= 15 is 0 Å². The molecule has 1 aromatic rings. The zero-order valence-corrected chi connectivity index (χ0v) is 10.8. The van der Waals surface area contributed by atoms with Crippen LogP contribution >= 0.6 is 0 Å². The second-order valence-electron chi connectivity index (χ2n) is 4.91. The SMILES string of the molecule is C=C(OCC)c1ccc(C(C)CC2CC2)cn1. The molecule has 1 atom stereocenters. The molecule has 0 aromatic carbocycles. The van der Waals surface area contributed by atoms with Gasteiger partial charge in [-0.1, -0.05) is 32.4 Å². The molecule has 1 aliphatic rings. The van der Waals surface area contributed by atoms with E-state index in [1.165, 1.54) is 24.8 Å². The Bertz CT molecular complexity index is 378. The fourth-order valence-electron chi connectivity index (χ4n) is 2.10. The molecule has 1 fully saturated rings. The van der Waals surface area contributed by atoms with Crippen LogP contribution in [0.4, 0.5) is 0 Å². The summed E-state index contributed by atoms with van der Waals surface area (Å²) >= 11 is 0. The van der Waals surface area contributed by atoms with E-state index in [1.807, 2.05) is 19.2 Å². The molecule has 0 N–H and O–H groups in total. The molecule has 2 nitrogen and oxygen atoms in total. The lowest BCUT2D eigenvalue weighted by Crippen LogP contribution is -1.98. The lowest BCUT2D eigenvalue weighted by molar-refractivity contribution is 0.298. The Kier molecular flexibility index (Phi) is 3.82. The third kappa shape index (κ3) is 3.32. The first-order valence-corrected chi connectivity index (χ1v) is 6.48. The Morgan fingerprint density at radius 1 is 1.53 bits per heavy atom. The van der Waals surface area contributed by atoms with E-state index < -0.39 is 0 Å². The zero-order chi connectivity index (χ0) is 12.3. The number of rotatable bonds is 6. The smallest absolute Gasteiger partial charge is 0.137 e. The van der Waals surface area contributed by atoms with Crippen LogP contribution in [0.1, 0.15) is 50.3 Å². The average Bonchev–Trinajstić information content (AvgIpc) is 3.13. The molecular weight excluding hydrogens is 210 g/mol. The summed E-state index contributed by atoms with van der Waals surface area (Å²) in [6.45, 7) is 8.74. The normalized spacial score (nSPS) is 16.6. The van der Waals surface area contributed by atoms with Gasteiger partial charge in [-0.3, -0.25) is 4.98 Å². The summed E-state index contributed by atoms with van der Waals surface area (Å²) in [5.74, 6) is 2.24. The second kappa shape index (κ2) is 5.35. The van der Waals surface area contributed by atoms with Crippen LogP contribution in [-0.2, 0) is 4.74 Å². The highest BCUT2D eigenvalue weighted by Crippen LogP contribution is 2.38. The minimum atomic E-state index is 0.615. The number of hydrogen-bond acceptors (Lipinski definition) is 2. The Hall–Kier alpha value is -1.31. The van der Waals surface area contributed by atoms with Gasteiger partial charge in [0.25, 0.3) is 0 Å². The molecule has 1 aromatic heterocycles. The van der Waals surface area contributed by atoms with Crippen LogP contribution in [0, 0.1) is 5.92 Å². The van der Waals surface area contributed by atoms with Gasteiger partial charge >= 0.3 is 0 Å². The lowest BCUT2D eigenvalue weighted by Gasteiger charge is -2.12. The molecule has 0 aliphatic heterocycles. The second-order valence-corrected chi connectivity index (χ2v) is 4.91. The monoisotopic (exact) mass is 231 g/mol. The molecule has 0 radical (unpaired) electrons. The van der Waals surface area contributed by atoms with E-state index in [1.54, 1.807) is 0 Å². The van der Waals surface area contributed by atoms with Crippen LogP contribution in [0.3, 0.4) is 0 Å².